The first-order chi connectivity index (χ1) is 5.75. The van der Waals surface area contributed by atoms with Crippen molar-refractivity contribution in [1.29, 1.82) is 0 Å². The number of halogens is 1. The van der Waals surface area contributed by atoms with E-state index >= 15 is 0 Å². The van der Waals surface area contributed by atoms with Crippen LogP contribution in [0, 0.1) is 5.92 Å². The molecule has 0 aromatic heterocycles. The first kappa shape index (κ1) is 7.93. The Bertz CT molecular complexity index is 296. The van der Waals surface area contributed by atoms with Crippen LogP contribution in [0.25, 0.3) is 0 Å². The molecule has 0 saturated carbocycles. The lowest BCUT2D eigenvalue weighted by Crippen LogP contribution is -2.20. The van der Waals surface area contributed by atoms with Crippen LogP contribution in [0.5, 0.6) is 0 Å². The minimum Gasteiger partial charge on any atom is -0.385 e. The molecular weight excluding hydrogens is 170 g/mol. The molecule has 1 atom stereocenters. The summed E-state index contributed by atoms with van der Waals surface area (Å²) in [6.07, 6.45) is 1.17. The van der Waals surface area contributed by atoms with E-state index in [1.54, 1.807) is 0 Å². The number of rotatable bonds is 0. The summed E-state index contributed by atoms with van der Waals surface area (Å²) in [5.41, 5.74) is 2.60. The average Bonchev–Trinajstić information content (AvgIpc) is 2.05. The number of benzene rings is 1. The topological polar surface area (TPSA) is 12.0 Å². The minimum atomic E-state index is 0.735. The smallest absolute Gasteiger partial charge is 0.0426 e. The van der Waals surface area contributed by atoms with Gasteiger partial charge in [-0.2, -0.15) is 0 Å². The van der Waals surface area contributed by atoms with Gasteiger partial charge >= 0.3 is 0 Å². The van der Waals surface area contributed by atoms with Crippen LogP contribution in [0.3, 0.4) is 0 Å². The van der Waals surface area contributed by atoms with Gasteiger partial charge in [-0.1, -0.05) is 24.6 Å². The number of hydrogen-bond donors (Lipinski definition) is 1. The highest BCUT2D eigenvalue weighted by Gasteiger charge is 2.13. The van der Waals surface area contributed by atoms with Crippen molar-refractivity contribution >= 4 is 17.3 Å². The van der Waals surface area contributed by atoms with Crippen molar-refractivity contribution in [2.45, 2.75) is 13.3 Å². The number of hydrogen-bond acceptors (Lipinski definition) is 1. The summed E-state index contributed by atoms with van der Waals surface area (Å²) in [4.78, 5) is 0. The lowest BCUT2D eigenvalue weighted by atomic mass is 9.96. The van der Waals surface area contributed by atoms with Crippen molar-refractivity contribution < 1.29 is 0 Å². The summed E-state index contributed by atoms with van der Waals surface area (Å²) in [5, 5.41) is 4.18. The van der Waals surface area contributed by atoms with Gasteiger partial charge in [0.25, 0.3) is 0 Å². The molecule has 0 saturated heterocycles. The van der Waals surface area contributed by atoms with Crippen molar-refractivity contribution in [2.24, 2.45) is 5.92 Å². The third kappa shape index (κ3) is 1.42. The number of nitrogens with one attached hydrogen (secondary N) is 1. The first-order valence-electron chi connectivity index (χ1n) is 4.28. The molecule has 1 unspecified atom stereocenters. The second-order valence-corrected chi connectivity index (χ2v) is 3.93. The highest BCUT2D eigenvalue weighted by Crippen LogP contribution is 2.27. The number of fused-ring (bicyclic) bond motifs is 1. The first-order valence-corrected chi connectivity index (χ1v) is 4.66. The second kappa shape index (κ2) is 2.98. The largest absolute Gasteiger partial charge is 0.385 e. The van der Waals surface area contributed by atoms with Crippen molar-refractivity contribution in [3.63, 3.8) is 0 Å². The molecule has 64 valence electrons. The molecule has 1 nitrogen and oxygen atoms in total. The van der Waals surface area contributed by atoms with E-state index in [-0.39, 0.29) is 0 Å². The summed E-state index contributed by atoms with van der Waals surface area (Å²) < 4.78 is 0. The molecule has 1 aliphatic heterocycles. The molecule has 1 heterocycles. The quantitative estimate of drug-likeness (QED) is 0.649. The van der Waals surface area contributed by atoms with E-state index in [4.69, 9.17) is 11.6 Å². The van der Waals surface area contributed by atoms with Gasteiger partial charge in [0, 0.05) is 17.3 Å². The van der Waals surface area contributed by atoms with Crippen molar-refractivity contribution in [3.05, 3.63) is 28.8 Å². The molecule has 0 bridgehead atoms. The lowest BCUT2D eigenvalue weighted by Gasteiger charge is -2.23. The molecule has 2 heteroatoms. The van der Waals surface area contributed by atoms with E-state index in [0.717, 1.165) is 17.5 Å². The highest BCUT2D eigenvalue weighted by atomic mass is 35.5. The summed E-state index contributed by atoms with van der Waals surface area (Å²) in [6, 6.07) is 6.07. The lowest BCUT2D eigenvalue weighted by molar-refractivity contribution is 0.595. The van der Waals surface area contributed by atoms with Crippen LogP contribution in [0.4, 0.5) is 5.69 Å². The Balaban J connectivity index is 2.37. The molecular formula is C10H12ClN. The fourth-order valence-corrected chi connectivity index (χ4v) is 1.80. The van der Waals surface area contributed by atoms with Gasteiger partial charge in [-0.05, 0) is 30.0 Å². The van der Waals surface area contributed by atoms with Crippen LogP contribution in [0.2, 0.25) is 5.02 Å². The van der Waals surface area contributed by atoms with Crippen LogP contribution in [0.15, 0.2) is 18.2 Å². The molecule has 1 aromatic carbocycles. The molecule has 1 aromatic rings. The molecule has 2 rings (SSSR count). The Morgan fingerprint density at radius 2 is 2.33 bits per heavy atom. The predicted molar refractivity (Wildman–Crippen MR) is 52.8 cm³/mol. The van der Waals surface area contributed by atoms with Crippen LogP contribution in [-0.2, 0) is 6.42 Å². The normalized spacial score (nSPS) is 21.3. The van der Waals surface area contributed by atoms with Crippen molar-refractivity contribution in [2.75, 3.05) is 11.9 Å². The Labute approximate surface area is 77.7 Å². The molecule has 0 aliphatic carbocycles. The van der Waals surface area contributed by atoms with E-state index in [1.165, 1.54) is 17.7 Å². The maximum absolute atomic E-state index is 5.87. The fourth-order valence-electron chi connectivity index (χ4n) is 1.62. The van der Waals surface area contributed by atoms with E-state index < -0.39 is 0 Å². The van der Waals surface area contributed by atoms with E-state index in [9.17, 15) is 0 Å². The van der Waals surface area contributed by atoms with Crippen molar-refractivity contribution in [1.82, 2.24) is 0 Å². The Hall–Kier alpha value is -0.690. The molecule has 1 aliphatic rings. The molecule has 0 amide bonds. The van der Waals surface area contributed by atoms with Gasteiger partial charge in [-0.15, -0.1) is 0 Å². The van der Waals surface area contributed by atoms with Crippen LogP contribution < -0.4 is 5.32 Å². The monoisotopic (exact) mass is 181 g/mol. The van der Waals surface area contributed by atoms with E-state index in [0.29, 0.717) is 0 Å². The van der Waals surface area contributed by atoms with Gasteiger partial charge in [0.2, 0.25) is 0 Å². The molecule has 1 N–H and O–H groups in total. The predicted octanol–water partition coefficient (Wildman–Crippen LogP) is 2.94. The van der Waals surface area contributed by atoms with Crippen LogP contribution in [-0.4, -0.2) is 6.54 Å². The fraction of sp³-hybridized carbons (Fsp3) is 0.400. The maximum atomic E-state index is 5.87. The van der Waals surface area contributed by atoms with Crippen LogP contribution in [0.1, 0.15) is 12.5 Å². The number of anilines is 1. The van der Waals surface area contributed by atoms with Crippen molar-refractivity contribution in [3.8, 4) is 0 Å². The maximum Gasteiger partial charge on any atom is 0.0426 e. The zero-order chi connectivity index (χ0) is 8.55. The zero-order valence-electron chi connectivity index (χ0n) is 7.10. The Morgan fingerprint density at radius 1 is 1.50 bits per heavy atom. The zero-order valence-corrected chi connectivity index (χ0v) is 7.86. The Kier molecular flexibility index (Phi) is 1.97. The highest BCUT2D eigenvalue weighted by molar-refractivity contribution is 6.30. The standard InChI is InChI=1S/C10H12ClN/c1-7-4-8-2-3-9(11)5-10(8)12-6-7/h2-3,5,7,12H,4,6H2,1H3. The average molecular weight is 182 g/mol. The second-order valence-electron chi connectivity index (χ2n) is 3.49. The summed E-state index contributed by atoms with van der Waals surface area (Å²) in [7, 11) is 0. The van der Waals surface area contributed by atoms with Gasteiger partial charge < -0.3 is 5.32 Å². The van der Waals surface area contributed by atoms with Gasteiger partial charge in [-0.3, -0.25) is 0 Å². The molecule has 12 heavy (non-hydrogen) atoms. The Morgan fingerprint density at radius 3 is 3.17 bits per heavy atom. The minimum absolute atomic E-state index is 0.735. The summed E-state index contributed by atoms with van der Waals surface area (Å²) >= 11 is 5.87. The molecule has 0 radical (unpaired) electrons. The van der Waals surface area contributed by atoms with Gasteiger partial charge in [0.15, 0.2) is 0 Å². The van der Waals surface area contributed by atoms with Gasteiger partial charge in [-0.25, -0.2) is 0 Å². The molecule has 0 spiro atoms. The SMILES string of the molecule is CC1CNc2cc(Cl)ccc2C1. The molecule has 0 fully saturated rings. The van der Waals surface area contributed by atoms with Gasteiger partial charge in [0.1, 0.15) is 0 Å². The van der Waals surface area contributed by atoms with Crippen LogP contribution >= 0.6 is 11.6 Å². The third-order valence-corrected chi connectivity index (χ3v) is 2.52. The summed E-state index contributed by atoms with van der Waals surface area (Å²) in [6.45, 7) is 3.32. The van der Waals surface area contributed by atoms with E-state index in [2.05, 4.69) is 18.3 Å². The van der Waals surface area contributed by atoms with E-state index in [1.807, 2.05) is 12.1 Å². The van der Waals surface area contributed by atoms with Gasteiger partial charge in [0.05, 0.1) is 0 Å². The summed E-state index contributed by atoms with van der Waals surface area (Å²) in [5.74, 6) is 0.735. The third-order valence-electron chi connectivity index (χ3n) is 2.28.